The summed E-state index contributed by atoms with van der Waals surface area (Å²) in [5, 5.41) is 6.27. The van der Waals surface area contributed by atoms with Crippen LogP contribution in [0.1, 0.15) is 17.5 Å². The third kappa shape index (κ3) is 3.55. The highest BCUT2D eigenvalue weighted by atomic mass is 79.9. The number of rotatable bonds is 5. The average Bonchev–Trinajstić information content (AvgIpc) is 3.48. The van der Waals surface area contributed by atoms with E-state index >= 15 is 0 Å². The molecule has 10 heteroatoms. The number of piperazine rings is 1. The van der Waals surface area contributed by atoms with Crippen LogP contribution in [0.5, 0.6) is 5.88 Å². The van der Waals surface area contributed by atoms with Gasteiger partial charge in [-0.25, -0.2) is 15.4 Å². The van der Waals surface area contributed by atoms with Gasteiger partial charge < -0.3 is 9.64 Å². The van der Waals surface area contributed by atoms with Gasteiger partial charge in [0.2, 0.25) is 5.88 Å². The van der Waals surface area contributed by atoms with Crippen LogP contribution < -0.4 is 20.5 Å². The molecule has 3 atom stereocenters. The molecule has 9 nitrogen and oxygen atoms in total. The number of hydrazine groups is 1. The van der Waals surface area contributed by atoms with Crippen LogP contribution >= 0.6 is 15.9 Å². The van der Waals surface area contributed by atoms with Gasteiger partial charge in [-0.15, -0.1) is 0 Å². The molecule has 6 aliphatic heterocycles. The number of halogens is 1. The second-order valence-electron chi connectivity index (χ2n) is 9.43. The number of allylic oxidation sites excluding steroid dienone is 3. The highest BCUT2D eigenvalue weighted by molar-refractivity contribution is 9.11. The molecule has 0 aromatic carbocycles. The maximum absolute atomic E-state index is 5.18. The van der Waals surface area contributed by atoms with Gasteiger partial charge in [-0.2, -0.15) is 5.10 Å². The predicted octanol–water partition coefficient (Wildman–Crippen LogP) is 2.57. The molecule has 2 aromatic heterocycles. The first-order valence-corrected chi connectivity index (χ1v) is 12.6. The molecule has 8 rings (SSSR count). The van der Waals surface area contributed by atoms with Crippen molar-refractivity contribution in [2.24, 2.45) is 5.10 Å². The minimum Gasteiger partial charge on any atom is -0.481 e. The zero-order valence-electron chi connectivity index (χ0n) is 19.2. The number of methoxy groups -OCH3 is 1. The van der Waals surface area contributed by atoms with E-state index in [0.29, 0.717) is 18.0 Å². The van der Waals surface area contributed by atoms with Gasteiger partial charge in [0.15, 0.2) is 0 Å². The predicted molar refractivity (Wildman–Crippen MR) is 137 cm³/mol. The Balaban J connectivity index is 1.06. The van der Waals surface area contributed by atoms with Crippen LogP contribution in [0.4, 0.5) is 5.82 Å². The Morgan fingerprint density at radius 2 is 2.00 bits per heavy atom. The van der Waals surface area contributed by atoms with Gasteiger partial charge in [0.1, 0.15) is 12.0 Å². The van der Waals surface area contributed by atoms with Crippen molar-refractivity contribution in [3.63, 3.8) is 0 Å². The molecule has 2 N–H and O–H groups in total. The van der Waals surface area contributed by atoms with E-state index in [1.165, 1.54) is 12.0 Å². The molecule has 6 aliphatic rings. The zero-order valence-corrected chi connectivity index (χ0v) is 20.8. The fourth-order valence-corrected chi connectivity index (χ4v) is 6.07. The lowest BCUT2D eigenvalue weighted by Crippen LogP contribution is -2.68. The number of hydrogen-bond donors (Lipinski definition) is 2. The normalized spacial score (nSPS) is 26.6. The molecule has 2 bridgehead atoms. The molecular formula is C25H25BrN8O. The molecular weight excluding hydrogens is 508 g/mol. The Bertz CT molecular complexity index is 1270. The van der Waals surface area contributed by atoms with Crippen molar-refractivity contribution in [1.82, 2.24) is 30.7 Å². The summed E-state index contributed by atoms with van der Waals surface area (Å²) in [5.74, 6) is 1.70. The standard InChI is InChI=1S/C25H25BrN8O/c1-35-23-5-2-15(8-28-23)11-33-18-7-19(33)14-32(13-18)22-4-3-16(9-27-22)20-6-17(26)12-34-24(20)21-10-29-30-25(21)31-34/h2-6,8-10,12,18-19,25,30-31H,7,11,13-14H2,1H3. The van der Waals surface area contributed by atoms with Crippen LogP contribution in [-0.4, -0.2) is 64.5 Å². The lowest BCUT2D eigenvalue weighted by molar-refractivity contribution is -0.00877. The molecule has 35 heavy (non-hydrogen) atoms. The number of ether oxygens (including phenoxy) is 1. The summed E-state index contributed by atoms with van der Waals surface area (Å²) in [6.07, 6.45) is 11.2. The van der Waals surface area contributed by atoms with Crippen molar-refractivity contribution in [2.45, 2.75) is 31.2 Å². The maximum Gasteiger partial charge on any atom is 0.212 e. The minimum atomic E-state index is 0.00648. The largest absolute Gasteiger partial charge is 0.481 e. The van der Waals surface area contributed by atoms with E-state index in [1.807, 2.05) is 30.9 Å². The Labute approximate surface area is 211 Å². The van der Waals surface area contributed by atoms with Gasteiger partial charge in [0, 0.05) is 77.6 Å². The summed E-state index contributed by atoms with van der Waals surface area (Å²) in [4.78, 5) is 14.2. The van der Waals surface area contributed by atoms with Gasteiger partial charge in [-0.1, -0.05) is 6.07 Å². The topological polar surface area (TPSA) is 81.2 Å². The zero-order chi connectivity index (χ0) is 23.5. The number of hydrogen-bond acceptors (Lipinski definition) is 9. The molecule has 0 aliphatic carbocycles. The molecule has 0 amide bonds. The summed E-state index contributed by atoms with van der Waals surface area (Å²) in [7, 11) is 1.65. The van der Waals surface area contributed by atoms with E-state index < -0.39 is 0 Å². The summed E-state index contributed by atoms with van der Waals surface area (Å²) in [5.41, 5.74) is 12.2. The Morgan fingerprint density at radius 3 is 2.74 bits per heavy atom. The Morgan fingerprint density at radius 1 is 1.11 bits per heavy atom. The number of hydrazone groups is 1. The molecule has 2 aromatic rings. The van der Waals surface area contributed by atoms with E-state index in [9.17, 15) is 0 Å². The number of fused-ring (bicyclic) bond motifs is 4. The number of anilines is 1. The van der Waals surface area contributed by atoms with Crippen molar-refractivity contribution < 1.29 is 4.74 Å². The highest BCUT2D eigenvalue weighted by Gasteiger charge is 2.44. The molecule has 0 spiro atoms. The Kier molecular flexibility index (Phi) is 4.93. The SMILES string of the molecule is COc1ccc(CN2C3CC2CN(c2ccc(C4=CC(Br)=CN5NC6NN=CC6=C45)cn2)C3)cn1. The van der Waals surface area contributed by atoms with Crippen molar-refractivity contribution >= 4 is 33.5 Å². The molecule has 3 fully saturated rings. The molecule has 3 saturated heterocycles. The molecule has 178 valence electrons. The van der Waals surface area contributed by atoms with Crippen LogP contribution in [-0.2, 0) is 6.54 Å². The molecule has 3 unspecified atom stereocenters. The number of piperidine rings is 1. The fourth-order valence-electron chi connectivity index (χ4n) is 5.64. The number of nitrogens with one attached hydrogen (secondary N) is 2. The molecule has 0 radical (unpaired) electrons. The lowest BCUT2D eigenvalue weighted by atomic mass is 9.87. The van der Waals surface area contributed by atoms with Gasteiger partial charge >= 0.3 is 0 Å². The van der Waals surface area contributed by atoms with Crippen LogP contribution in [0.15, 0.2) is 69.8 Å². The van der Waals surface area contributed by atoms with Crippen LogP contribution in [0.2, 0.25) is 0 Å². The van der Waals surface area contributed by atoms with Crippen LogP contribution in [0.25, 0.3) is 5.57 Å². The first-order chi connectivity index (χ1) is 17.2. The lowest BCUT2D eigenvalue weighted by Gasteiger charge is -2.56. The summed E-state index contributed by atoms with van der Waals surface area (Å²) < 4.78 is 6.19. The summed E-state index contributed by atoms with van der Waals surface area (Å²) >= 11 is 3.65. The van der Waals surface area contributed by atoms with Gasteiger partial charge in [-0.3, -0.25) is 15.3 Å². The summed E-state index contributed by atoms with van der Waals surface area (Å²) in [6.45, 7) is 2.94. The van der Waals surface area contributed by atoms with Crippen LogP contribution in [0.3, 0.4) is 0 Å². The van der Waals surface area contributed by atoms with Gasteiger partial charge in [0.05, 0.1) is 19.0 Å². The van der Waals surface area contributed by atoms with Crippen molar-refractivity contribution in [1.29, 1.82) is 0 Å². The highest BCUT2D eigenvalue weighted by Crippen LogP contribution is 2.39. The van der Waals surface area contributed by atoms with E-state index in [2.05, 4.69) is 76.0 Å². The third-order valence-corrected chi connectivity index (χ3v) is 7.82. The van der Waals surface area contributed by atoms with E-state index in [1.54, 1.807) is 7.11 Å². The molecule has 8 heterocycles. The fraction of sp³-hybridized carbons (Fsp3) is 0.320. The third-order valence-electron chi connectivity index (χ3n) is 7.39. The number of aromatic nitrogens is 2. The van der Waals surface area contributed by atoms with Crippen molar-refractivity contribution in [3.8, 4) is 5.88 Å². The van der Waals surface area contributed by atoms with E-state index in [4.69, 9.17) is 9.72 Å². The average molecular weight is 533 g/mol. The van der Waals surface area contributed by atoms with Gasteiger partial charge in [0.25, 0.3) is 0 Å². The van der Waals surface area contributed by atoms with Crippen molar-refractivity contribution in [2.75, 3.05) is 25.1 Å². The van der Waals surface area contributed by atoms with Crippen molar-refractivity contribution in [3.05, 3.63) is 75.8 Å². The van der Waals surface area contributed by atoms with E-state index in [0.717, 1.165) is 52.3 Å². The number of pyridine rings is 2. The van der Waals surface area contributed by atoms with E-state index in [-0.39, 0.29) is 6.17 Å². The Hall–Kier alpha value is -3.21. The maximum atomic E-state index is 5.18. The smallest absolute Gasteiger partial charge is 0.212 e. The van der Waals surface area contributed by atoms with Gasteiger partial charge in [-0.05, 0) is 46.1 Å². The summed E-state index contributed by atoms with van der Waals surface area (Å²) in [6, 6.07) is 9.48. The van der Waals surface area contributed by atoms with Crippen LogP contribution in [0, 0.1) is 0 Å². The molecule has 0 saturated carbocycles. The quantitative estimate of drug-likeness (QED) is 0.608. The number of nitrogens with zero attached hydrogens (tertiary/aromatic N) is 6. The second kappa shape index (κ2) is 8.18. The first-order valence-electron chi connectivity index (χ1n) is 11.8. The minimum absolute atomic E-state index is 0.00648. The first kappa shape index (κ1) is 21.1. The monoisotopic (exact) mass is 532 g/mol. The second-order valence-corrected chi connectivity index (χ2v) is 10.3.